The van der Waals surface area contributed by atoms with E-state index in [0.29, 0.717) is 78.0 Å². The number of hydrogen-bond acceptors (Lipinski definition) is 8. The Kier molecular flexibility index (Phi) is 6.55. The van der Waals surface area contributed by atoms with Crippen molar-refractivity contribution >= 4 is 34.3 Å². The van der Waals surface area contributed by atoms with Gasteiger partial charge in [0.25, 0.3) is 5.91 Å². The molecule has 4 rings (SSSR count). The van der Waals surface area contributed by atoms with Crippen molar-refractivity contribution in [2.45, 2.75) is 13.3 Å². The van der Waals surface area contributed by atoms with Crippen LogP contribution in [-0.2, 0) is 6.42 Å². The first kappa shape index (κ1) is 22.9. The molecule has 1 saturated heterocycles. The van der Waals surface area contributed by atoms with Crippen molar-refractivity contribution in [1.29, 1.82) is 0 Å². The van der Waals surface area contributed by atoms with Crippen LogP contribution in [0.1, 0.15) is 22.8 Å². The molecule has 0 aliphatic carbocycles. The molecule has 0 unspecified atom stereocenters. The summed E-state index contributed by atoms with van der Waals surface area (Å²) in [4.78, 5) is 28.9. The second kappa shape index (κ2) is 9.72. The van der Waals surface area contributed by atoms with E-state index >= 15 is 0 Å². The van der Waals surface area contributed by atoms with Crippen LogP contribution in [0.3, 0.4) is 0 Å². The van der Waals surface area contributed by atoms with Crippen LogP contribution in [0, 0.1) is 0 Å². The summed E-state index contributed by atoms with van der Waals surface area (Å²) in [7, 11) is 3.13. The molecular formula is C23H26N8O3. The van der Waals surface area contributed by atoms with Gasteiger partial charge in [-0.25, -0.2) is 4.98 Å². The van der Waals surface area contributed by atoms with Gasteiger partial charge in [-0.2, -0.15) is 4.98 Å². The summed E-state index contributed by atoms with van der Waals surface area (Å²) in [5.74, 6) is 1.93. The molecule has 2 aromatic carbocycles. The number of methoxy groups -OCH3 is 2. The fraction of sp³-hybridized carbons (Fsp3) is 0.348. The summed E-state index contributed by atoms with van der Waals surface area (Å²) < 4.78 is 10.7. The first-order valence-corrected chi connectivity index (χ1v) is 10.9. The number of nitrogens with zero attached hydrogens (tertiary/aromatic N) is 7. The number of aryl methyl sites for hydroxylation is 1. The molecule has 0 atom stereocenters. The van der Waals surface area contributed by atoms with Crippen LogP contribution in [0.4, 0.5) is 17.5 Å². The number of piperazine rings is 1. The van der Waals surface area contributed by atoms with Crippen LogP contribution in [0.5, 0.6) is 11.5 Å². The molecule has 0 radical (unpaired) electrons. The zero-order valence-corrected chi connectivity index (χ0v) is 19.4. The number of ether oxygens (including phenoxy) is 2. The third-order valence-electron chi connectivity index (χ3n) is 5.93. The van der Waals surface area contributed by atoms with Crippen molar-refractivity contribution < 1.29 is 14.3 Å². The molecule has 1 aliphatic rings. The summed E-state index contributed by atoms with van der Waals surface area (Å²) in [5.41, 5.74) is 17.6. The minimum absolute atomic E-state index is 0.0578. The Morgan fingerprint density at radius 2 is 1.82 bits per heavy atom. The van der Waals surface area contributed by atoms with Gasteiger partial charge < -0.3 is 25.0 Å². The van der Waals surface area contributed by atoms with Gasteiger partial charge in [0.1, 0.15) is 5.82 Å². The topological polar surface area (TPSA) is 143 Å². The normalized spacial score (nSPS) is 13.5. The van der Waals surface area contributed by atoms with E-state index in [-0.39, 0.29) is 5.91 Å². The summed E-state index contributed by atoms with van der Waals surface area (Å²) in [6, 6.07) is 8.74. The van der Waals surface area contributed by atoms with Crippen molar-refractivity contribution in [2.75, 3.05) is 51.0 Å². The number of fused-ring (bicyclic) bond motifs is 1. The predicted octanol–water partition coefficient (Wildman–Crippen LogP) is 3.70. The van der Waals surface area contributed by atoms with E-state index in [1.807, 2.05) is 11.8 Å². The maximum Gasteiger partial charge on any atom is 0.253 e. The average molecular weight is 463 g/mol. The fourth-order valence-electron chi connectivity index (χ4n) is 4.05. The van der Waals surface area contributed by atoms with E-state index in [9.17, 15) is 4.79 Å². The molecule has 176 valence electrons. The van der Waals surface area contributed by atoms with Crippen LogP contribution in [-0.4, -0.2) is 61.2 Å². The van der Waals surface area contributed by atoms with E-state index in [0.717, 1.165) is 5.56 Å². The Labute approximate surface area is 196 Å². The van der Waals surface area contributed by atoms with Crippen molar-refractivity contribution in [3.63, 3.8) is 0 Å². The Balaban J connectivity index is 1.51. The van der Waals surface area contributed by atoms with Crippen molar-refractivity contribution in [3.8, 4) is 11.5 Å². The number of nitrogens with two attached hydrogens (primary N) is 1. The highest BCUT2D eigenvalue weighted by Crippen LogP contribution is 2.34. The van der Waals surface area contributed by atoms with Gasteiger partial charge in [0.05, 0.1) is 19.7 Å². The molecule has 0 spiro atoms. The quantitative estimate of drug-likeness (QED) is 0.334. The number of azide groups is 1. The maximum atomic E-state index is 13.1. The molecule has 1 aliphatic heterocycles. The Morgan fingerprint density at radius 3 is 2.47 bits per heavy atom. The highest BCUT2D eigenvalue weighted by atomic mass is 16.5. The second-order valence-electron chi connectivity index (χ2n) is 7.80. The number of amides is 1. The lowest BCUT2D eigenvalue weighted by Gasteiger charge is -2.35. The summed E-state index contributed by atoms with van der Waals surface area (Å²) in [6.45, 7) is 4.14. The molecule has 2 heterocycles. The van der Waals surface area contributed by atoms with Crippen molar-refractivity contribution in [3.05, 3.63) is 51.9 Å². The first-order valence-electron chi connectivity index (χ1n) is 10.9. The molecule has 11 nitrogen and oxygen atoms in total. The number of benzene rings is 2. The molecular weight excluding hydrogens is 436 g/mol. The third-order valence-corrected chi connectivity index (χ3v) is 5.93. The van der Waals surface area contributed by atoms with Gasteiger partial charge in [0, 0.05) is 53.8 Å². The first-order chi connectivity index (χ1) is 16.5. The van der Waals surface area contributed by atoms with Gasteiger partial charge in [-0.1, -0.05) is 18.1 Å². The summed E-state index contributed by atoms with van der Waals surface area (Å²) in [6.07, 6.45) is 0.667. The Bertz CT molecular complexity index is 1280. The number of anilines is 2. The molecule has 11 heteroatoms. The lowest BCUT2D eigenvalue weighted by Crippen LogP contribution is -2.49. The Hall–Kier alpha value is -4.24. The van der Waals surface area contributed by atoms with E-state index in [4.69, 9.17) is 20.7 Å². The molecule has 1 aromatic heterocycles. The Morgan fingerprint density at radius 1 is 1.12 bits per heavy atom. The maximum absolute atomic E-state index is 13.1. The van der Waals surface area contributed by atoms with Crippen LogP contribution in [0.25, 0.3) is 21.3 Å². The highest BCUT2D eigenvalue weighted by molar-refractivity contribution is 5.95. The SMILES string of the molecule is CCc1cc(C(=O)N2CCN(c3nc(N)c4cc(OC)c(OC)cc4n3)CC2)ccc1N=[N+]=[N-]. The van der Waals surface area contributed by atoms with E-state index in [1.165, 1.54) is 0 Å². The molecule has 0 bridgehead atoms. The lowest BCUT2D eigenvalue weighted by atomic mass is 10.1. The number of hydrogen-bond donors (Lipinski definition) is 1. The zero-order valence-electron chi connectivity index (χ0n) is 19.4. The van der Waals surface area contributed by atoms with Gasteiger partial charge in [-0.15, -0.1) is 0 Å². The summed E-state index contributed by atoms with van der Waals surface area (Å²) in [5, 5.41) is 4.38. The molecule has 0 saturated carbocycles. The van der Waals surface area contributed by atoms with Crippen LogP contribution in [0.15, 0.2) is 35.4 Å². The van der Waals surface area contributed by atoms with Gasteiger partial charge in [0.15, 0.2) is 11.5 Å². The number of rotatable bonds is 6. The molecule has 1 amide bonds. The highest BCUT2D eigenvalue weighted by Gasteiger charge is 2.25. The number of aromatic nitrogens is 2. The lowest BCUT2D eigenvalue weighted by molar-refractivity contribution is 0.0746. The molecule has 2 N–H and O–H groups in total. The third kappa shape index (κ3) is 4.33. The summed E-state index contributed by atoms with van der Waals surface area (Å²) >= 11 is 0. The minimum atomic E-state index is -0.0578. The average Bonchev–Trinajstić information content (AvgIpc) is 2.88. The largest absolute Gasteiger partial charge is 0.493 e. The van der Waals surface area contributed by atoms with E-state index in [1.54, 1.807) is 49.5 Å². The monoisotopic (exact) mass is 462 g/mol. The van der Waals surface area contributed by atoms with Gasteiger partial charge >= 0.3 is 0 Å². The smallest absolute Gasteiger partial charge is 0.253 e. The van der Waals surface area contributed by atoms with Crippen molar-refractivity contribution in [1.82, 2.24) is 14.9 Å². The second-order valence-corrected chi connectivity index (χ2v) is 7.80. The van der Waals surface area contributed by atoms with Gasteiger partial charge in [-0.05, 0) is 35.7 Å². The van der Waals surface area contributed by atoms with Crippen molar-refractivity contribution in [2.24, 2.45) is 5.11 Å². The van der Waals surface area contributed by atoms with E-state index in [2.05, 4.69) is 20.0 Å². The van der Waals surface area contributed by atoms with Gasteiger partial charge in [-0.3, -0.25) is 4.79 Å². The van der Waals surface area contributed by atoms with Gasteiger partial charge in [0.2, 0.25) is 5.95 Å². The standard InChI is InChI=1S/C23H26N8O3/c1-4-14-11-15(5-6-17(14)28-29-25)22(32)30-7-9-31(10-8-30)23-26-18-13-20(34-3)19(33-2)12-16(18)21(24)27-23/h5-6,11-13H,4,7-10H2,1-3H3,(H2,24,26,27). The van der Waals surface area contributed by atoms with E-state index < -0.39 is 0 Å². The minimum Gasteiger partial charge on any atom is -0.493 e. The number of carbonyl (C=O) groups excluding carboxylic acids is 1. The van der Waals surface area contributed by atoms with Crippen LogP contribution >= 0.6 is 0 Å². The molecule has 34 heavy (non-hydrogen) atoms. The van der Waals surface area contributed by atoms with Crippen LogP contribution < -0.4 is 20.1 Å². The fourth-order valence-corrected chi connectivity index (χ4v) is 4.05. The van der Waals surface area contributed by atoms with Crippen LogP contribution in [0.2, 0.25) is 0 Å². The zero-order chi connectivity index (χ0) is 24.2. The molecule has 3 aromatic rings. The molecule has 1 fully saturated rings. The predicted molar refractivity (Wildman–Crippen MR) is 130 cm³/mol. The number of carbonyl (C=O) groups is 1. The number of nitrogen functional groups attached to an aromatic ring is 1.